The zero-order valence-electron chi connectivity index (χ0n) is 40.7. The first kappa shape index (κ1) is 49.3. The van der Waals surface area contributed by atoms with Crippen LogP contribution in [0.15, 0.2) is 95.7 Å². The second-order valence-electron chi connectivity index (χ2n) is 18.8. The lowest BCUT2D eigenvalue weighted by molar-refractivity contribution is 0.104. The van der Waals surface area contributed by atoms with Crippen LogP contribution in [0.5, 0.6) is 0 Å². The van der Waals surface area contributed by atoms with E-state index in [1.54, 1.807) is 22.3 Å². The number of hydrogen-bond donors (Lipinski definition) is 0. The summed E-state index contributed by atoms with van der Waals surface area (Å²) in [4.78, 5) is 28.4. The van der Waals surface area contributed by atoms with Crippen molar-refractivity contribution < 1.29 is 4.79 Å². The number of unbranched alkanes of at least 4 members (excludes halogenated alkanes) is 12. The molecule has 0 bridgehead atoms. The molecule has 0 aliphatic heterocycles. The van der Waals surface area contributed by atoms with Gasteiger partial charge in [-0.25, -0.2) is 0 Å². The van der Waals surface area contributed by atoms with E-state index in [0.717, 1.165) is 46.2 Å². The Balaban J connectivity index is 0.986. The summed E-state index contributed by atoms with van der Waals surface area (Å²) in [6.07, 6.45) is 25.1. The Bertz CT molecular complexity index is 2680. The van der Waals surface area contributed by atoms with E-state index >= 15 is 0 Å². The van der Waals surface area contributed by atoms with Crippen LogP contribution in [-0.2, 0) is 25.7 Å². The minimum Gasteiger partial charge on any atom is -0.289 e. The molecule has 6 heterocycles. The van der Waals surface area contributed by atoms with Crippen molar-refractivity contribution in [3.05, 3.63) is 129 Å². The van der Waals surface area contributed by atoms with Crippen molar-refractivity contribution in [3.63, 3.8) is 0 Å². The van der Waals surface area contributed by atoms with Gasteiger partial charge in [0.05, 0.1) is 0 Å². The zero-order chi connectivity index (χ0) is 46.8. The van der Waals surface area contributed by atoms with Crippen LogP contribution < -0.4 is 0 Å². The summed E-state index contributed by atoms with van der Waals surface area (Å²) in [7, 11) is 0. The van der Waals surface area contributed by atoms with E-state index in [0.29, 0.717) is 0 Å². The summed E-state index contributed by atoms with van der Waals surface area (Å²) < 4.78 is 0. The summed E-state index contributed by atoms with van der Waals surface area (Å²) in [5.74, 6) is 0.147. The highest BCUT2D eigenvalue weighted by molar-refractivity contribution is 7.28. The molecular formula is C61H68OS6. The van der Waals surface area contributed by atoms with Crippen molar-refractivity contribution in [3.8, 4) is 71.0 Å². The highest BCUT2D eigenvalue weighted by Crippen LogP contribution is 2.51. The lowest BCUT2D eigenvalue weighted by Gasteiger charge is -2.09. The Labute approximate surface area is 431 Å². The molecule has 1 nitrogen and oxygen atoms in total. The molecule has 0 unspecified atom stereocenters. The maximum atomic E-state index is 14.5. The first-order valence-corrected chi connectivity index (χ1v) is 30.9. The van der Waals surface area contributed by atoms with Crippen molar-refractivity contribution in [2.75, 3.05) is 0 Å². The first-order chi connectivity index (χ1) is 33.5. The largest absolute Gasteiger partial charge is 0.289 e. The van der Waals surface area contributed by atoms with Crippen LogP contribution in [-0.4, -0.2) is 5.78 Å². The third kappa shape index (κ3) is 10.9. The number of hydrogen-bond acceptors (Lipinski definition) is 7. The molecular weight excluding hydrogens is 941 g/mol. The second-order valence-corrected chi connectivity index (χ2v) is 24.9. The van der Waals surface area contributed by atoms with Gasteiger partial charge in [0.1, 0.15) is 0 Å². The summed E-state index contributed by atoms with van der Waals surface area (Å²) in [5.41, 5.74) is 12.5. The molecule has 68 heavy (non-hydrogen) atoms. The Morgan fingerprint density at radius 2 is 0.691 bits per heavy atom. The molecule has 354 valence electrons. The molecule has 0 fully saturated rings. The maximum Gasteiger partial charge on any atom is 0.194 e. The maximum absolute atomic E-state index is 14.5. The molecule has 0 saturated carbocycles. The molecule has 2 aromatic carbocycles. The van der Waals surface area contributed by atoms with Gasteiger partial charge in [0.2, 0.25) is 0 Å². The van der Waals surface area contributed by atoms with E-state index in [-0.39, 0.29) is 5.78 Å². The van der Waals surface area contributed by atoms with Crippen LogP contribution in [0.25, 0.3) is 71.0 Å². The van der Waals surface area contributed by atoms with E-state index in [1.807, 2.05) is 68.0 Å². The van der Waals surface area contributed by atoms with Crippen molar-refractivity contribution >= 4 is 73.8 Å². The monoisotopic (exact) mass is 1010 g/mol. The smallest absolute Gasteiger partial charge is 0.194 e. The standard InChI is InChI=1S/C61H68OS6/c1-5-9-13-17-23-45-47(25-19-15-11-7-3)60(67-58(45)53-27-21-37-63-53)55-35-33-51(65-55)41-29-31-43-44-32-30-42(40-50(44)57(62)49(43)39-41)52-34-36-56(66-52)61-48(26-20-16-12-8-4)46(24-18-14-10-6-2)59(68-61)54-28-22-38-64-54/h21-22,27-40H,5-20,23-26H2,1-4H3. The van der Waals surface area contributed by atoms with Gasteiger partial charge in [-0.15, -0.1) is 68.0 Å². The summed E-state index contributed by atoms with van der Waals surface area (Å²) in [6.45, 7) is 9.23. The van der Waals surface area contributed by atoms with Crippen LogP contribution in [0.4, 0.5) is 0 Å². The topological polar surface area (TPSA) is 17.1 Å². The van der Waals surface area contributed by atoms with Crippen molar-refractivity contribution in [2.45, 2.75) is 156 Å². The van der Waals surface area contributed by atoms with Gasteiger partial charge in [-0.1, -0.05) is 141 Å². The summed E-state index contributed by atoms with van der Waals surface area (Å²) in [6, 6.07) is 31.6. The lowest BCUT2D eigenvalue weighted by Crippen LogP contribution is -1.95. The molecule has 1 aliphatic carbocycles. The second kappa shape index (κ2) is 23.9. The van der Waals surface area contributed by atoms with Crippen LogP contribution >= 0.6 is 68.0 Å². The highest BCUT2D eigenvalue weighted by Gasteiger charge is 2.29. The number of benzene rings is 2. The van der Waals surface area contributed by atoms with E-state index in [1.165, 1.54) is 164 Å². The van der Waals surface area contributed by atoms with Crippen LogP contribution in [0.2, 0.25) is 0 Å². The zero-order valence-corrected chi connectivity index (χ0v) is 45.6. The van der Waals surface area contributed by atoms with Gasteiger partial charge >= 0.3 is 0 Å². The molecule has 0 N–H and O–H groups in total. The van der Waals surface area contributed by atoms with Gasteiger partial charge in [0.15, 0.2) is 5.78 Å². The average molecular weight is 1010 g/mol. The molecule has 7 heteroatoms. The average Bonchev–Trinajstić information content (AvgIpc) is 4.23. The minimum atomic E-state index is 0.147. The molecule has 0 amide bonds. The Hall–Kier alpha value is -3.69. The Morgan fingerprint density at radius 3 is 1.03 bits per heavy atom. The number of fused-ring (bicyclic) bond motifs is 3. The van der Waals surface area contributed by atoms with Crippen LogP contribution in [0, 0.1) is 0 Å². The van der Waals surface area contributed by atoms with Gasteiger partial charge in [0, 0.05) is 59.9 Å². The summed E-state index contributed by atoms with van der Waals surface area (Å²) >= 11 is 11.6. The van der Waals surface area contributed by atoms with Gasteiger partial charge < -0.3 is 0 Å². The molecule has 0 atom stereocenters. The first-order valence-electron chi connectivity index (χ1n) is 25.9. The van der Waals surface area contributed by atoms with Gasteiger partial charge in [0.25, 0.3) is 0 Å². The van der Waals surface area contributed by atoms with E-state index < -0.39 is 0 Å². The number of thiophene rings is 6. The fourth-order valence-corrected chi connectivity index (χ4v) is 17.0. The third-order valence-corrected chi connectivity index (χ3v) is 21.2. The van der Waals surface area contributed by atoms with Crippen molar-refractivity contribution in [1.82, 2.24) is 0 Å². The normalized spacial score (nSPS) is 12.1. The fourth-order valence-electron chi connectivity index (χ4n) is 10.2. The lowest BCUT2D eigenvalue weighted by atomic mass is 9.96. The van der Waals surface area contributed by atoms with Gasteiger partial charge in [-0.2, -0.15) is 0 Å². The number of ketones is 1. The quantitative estimate of drug-likeness (QED) is 0.0494. The molecule has 8 aromatic rings. The predicted molar refractivity (Wildman–Crippen MR) is 307 cm³/mol. The van der Waals surface area contributed by atoms with E-state index in [9.17, 15) is 4.79 Å². The molecule has 0 saturated heterocycles. The molecule has 1 aliphatic rings. The fraction of sp³-hybridized carbons (Fsp3) is 0.393. The Morgan fingerprint density at radius 1 is 0.338 bits per heavy atom. The van der Waals surface area contributed by atoms with Crippen LogP contribution in [0.1, 0.15) is 169 Å². The van der Waals surface area contributed by atoms with E-state index in [2.05, 4.69) is 123 Å². The molecule has 0 spiro atoms. The van der Waals surface area contributed by atoms with Crippen molar-refractivity contribution in [2.24, 2.45) is 0 Å². The third-order valence-electron chi connectivity index (χ3n) is 13.9. The molecule has 0 radical (unpaired) electrons. The SMILES string of the molecule is CCCCCCc1c(-c2cccs2)sc(-c2ccc(-c3ccc4c(c3)C(=O)c3cc(-c5ccc(-c6sc(-c7cccs7)c(CCCCCC)c6CCCCCC)s5)ccc3-4)s2)c1CCCCCC. The van der Waals surface area contributed by atoms with E-state index in [4.69, 9.17) is 0 Å². The van der Waals surface area contributed by atoms with Gasteiger partial charge in [-0.3, -0.25) is 4.79 Å². The molecule has 6 aromatic heterocycles. The van der Waals surface area contributed by atoms with Gasteiger partial charge in [-0.05, 0) is 155 Å². The number of carbonyl (C=O) groups excluding carboxylic acids is 1. The molecule has 9 rings (SSSR count). The predicted octanol–water partition coefficient (Wildman–Crippen LogP) is 21.8. The van der Waals surface area contributed by atoms with Crippen molar-refractivity contribution in [1.29, 1.82) is 0 Å². The Kier molecular flexibility index (Phi) is 17.4. The van der Waals surface area contributed by atoms with Crippen LogP contribution in [0.3, 0.4) is 0 Å². The minimum absolute atomic E-state index is 0.147. The number of carbonyl (C=O) groups is 1. The number of rotatable bonds is 26. The highest BCUT2D eigenvalue weighted by atomic mass is 32.1. The summed E-state index contributed by atoms with van der Waals surface area (Å²) in [5, 5.41) is 4.46.